The molecule has 0 N–H and O–H groups in total. The number of fused-ring (bicyclic) bond motifs is 1. The van der Waals surface area contributed by atoms with Gasteiger partial charge in [-0.05, 0) is 43.6 Å². The molecule has 2 fully saturated rings. The van der Waals surface area contributed by atoms with Crippen LogP contribution in [-0.4, -0.2) is 53.3 Å². The summed E-state index contributed by atoms with van der Waals surface area (Å²) in [6, 6.07) is 0.701. The van der Waals surface area contributed by atoms with E-state index >= 15 is 0 Å². The molecule has 1 aliphatic heterocycles. The van der Waals surface area contributed by atoms with E-state index in [-0.39, 0.29) is 6.10 Å². The first-order valence-electron chi connectivity index (χ1n) is 8.48. The zero-order valence-electron chi connectivity index (χ0n) is 13.5. The molecule has 124 valence electrons. The van der Waals surface area contributed by atoms with Crippen molar-refractivity contribution in [1.82, 2.24) is 14.9 Å². The van der Waals surface area contributed by atoms with Gasteiger partial charge in [0.1, 0.15) is 17.3 Å². The number of thiophene rings is 1. The Hall–Kier alpha value is -1.24. The van der Waals surface area contributed by atoms with Gasteiger partial charge in [0, 0.05) is 19.1 Å². The Bertz CT molecular complexity index is 661. The Labute approximate surface area is 140 Å². The lowest BCUT2D eigenvalue weighted by Crippen LogP contribution is -2.46. The first-order valence-corrected chi connectivity index (χ1v) is 9.36. The van der Waals surface area contributed by atoms with E-state index in [0.29, 0.717) is 6.04 Å². The third kappa shape index (κ3) is 3.20. The van der Waals surface area contributed by atoms with Gasteiger partial charge < -0.3 is 9.47 Å². The van der Waals surface area contributed by atoms with Gasteiger partial charge in [-0.1, -0.05) is 0 Å². The summed E-state index contributed by atoms with van der Waals surface area (Å²) in [5.41, 5.74) is 1.21. The minimum Gasteiger partial charge on any atom is -0.474 e. The van der Waals surface area contributed by atoms with E-state index in [1.807, 2.05) is 0 Å². The molecule has 2 aromatic rings. The Morgan fingerprint density at radius 2 is 1.96 bits per heavy atom. The molecule has 0 amide bonds. The first kappa shape index (κ1) is 15.3. The number of nitrogens with zero attached hydrogens (tertiary/aromatic N) is 3. The SMILES string of the molecule is Cc1csc2ncnc(OC3CCC(N4CCOCC4)CC3)c12. The topological polar surface area (TPSA) is 47.5 Å². The van der Waals surface area contributed by atoms with Gasteiger partial charge >= 0.3 is 0 Å². The summed E-state index contributed by atoms with van der Waals surface area (Å²) >= 11 is 1.66. The molecule has 0 unspecified atom stereocenters. The van der Waals surface area contributed by atoms with Gasteiger partial charge in [0.15, 0.2) is 0 Å². The van der Waals surface area contributed by atoms with Gasteiger partial charge in [-0.3, -0.25) is 4.90 Å². The largest absolute Gasteiger partial charge is 0.474 e. The summed E-state index contributed by atoms with van der Waals surface area (Å²) in [6.45, 7) is 6.03. The van der Waals surface area contributed by atoms with Crippen LogP contribution >= 0.6 is 11.3 Å². The van der Waals surface area contributed by atoms with E-state index in [1.165, 1.54) is 18.4 Å². The molecule has 5 nitrogen and oxygen atoms in total. The number of aryl methyl sites for hydroxylation is 1. The quantitative estimate of drug-likeness (QED) is 0.864. The normalized spacial score (nSPS) is 26.5. The van der Waals surface area contributed by atoms with E-state index in [2.05, 4.69) is 27.2 Å². The standard InChI is InChI=1S/C17H23N3O2S/c1-12-10-23-17-15(12)16(18-11-19-17)22-14-4-2-13(3-5-14)20-6-8-21-9-7-20/h10-11,13-14H,2-9H2,1H3. The zero-order valence-corrected chi connectivity index (χ0v) is 14.3. The van der Waals surface area contributed by atoms with Crippen LogP contribution in [0.15, 0.2) is 11.7 Å². The molecule has 1 saturated carbocycles. The molecule has 0 atom stereocenters. The molecular formula is C17H23N3O2S. The molecule has 4 rings (SSSR count). The molecular weight excluding hydrogens is 310 g/mol. The van der Waals surface area contributed by atoms with E-state index in [9.17, 15) is 0 Å². The van der Waals surface area contributed by atoms with Crippen LogP contribution in [0.4, 0.5) is 0 Å². The first-order chi connectivity index (χ1) is 11.3. The van der Waals surface area contributed by atoms with Crippen molar-refractivity contribution in [2.24, 2.45) is 0 Å². The van der Waals surface area contributed by atoms with Gasteiger partial charge in [-0.15, -0.1) is 11.3 Å². The van der Waals surface area contributed by atoms with Crippen molar-refractivity contribution >= 4 is 21.6 Å². The van der Waals surface area contributed by atoms with E-state index in [1.54, 1.807) is 17.7 Å². The highest BCUT2D eigenvalue weighted by molar-refractivity contribution is 7.17. The van der Waals surface area contributed by atoms with Gasteiger partial charge in [-0.2, -0.15) is 0 Å². The molecule has 3 heterocycles. The van der Waals surface area contributed by atoms with Crippen LogP contribution < -0.4 is 4.74 Å². The summed E-state index contributed by atoms with van der Waals surface area (Å²) in [6.07, 6.45) is 6.54. The minimum absolute atomic E-state index is 0.282. The highest BCUT2D eigenvalue weighted by Crippen LogP contribution is 2.33. The summed E-state index contributed by atoms with van der Waals surface area (Å²) in [5, 5.41) is 3.22. The highest BCUT2D eigenvalue weighted by Gasteiger charge is 2.28. The molecule has 0 bridgehead atoms. The number of aromatic nitrogens is 2. The maximum absolute atomic E-state index is 6.26. The van der Waals surface area contributed by atoms with E-state index in [4.69, 9.17) is 9.47 Å². The molecule has 23 heavy (non-hydrogen) atoms. The summed E-state index contributed by atoms with van der Waals surface area (Å²) in [5.74, 6) is 0.767. The molecule has 2 aromatic heterocycles. The Kier molecular flexibility index (Phi) is 4.46. The monoisotopic (exact) mass is 333 g/mol. The fraction of sp³-hybridized carbons (Fsp3) is 0.647. The lowest BCUT2D eigenvalue weighted by Gasteiger charge is -2.38. The van der Waals surface area contributed by atoms with Gasteiger partial charge in [0.25, 0.3) is 0 Å². The fourth-order valence-electron chi connectivity index (χ4n) is 3.70. The second kappa shape index (κ2) is 6.71. The predicted octanol–water partition coefficient (Wildman–Crippen LogP) is 3.02. The second-order valence-electron chi connectivity index (χ2n) is 6.47. The average molecular weight is 333 g/mol. The summed E-state index contributed by atoms with van der Waals surface area (Å²) < 4.78 is 11.7. The maximum Gasteiger partial charge on any atom is 0.225 e. The molecule has 1 saturated heterocycles. The summed E-state index contributed by atoms with van der Waals surface area (Å²) in [4.78, 5) is 12.3. The van der Waals surface area contributed by atoms with Crippen molar-refractivity contribution in [2.75, 3.05) is 26.3 Å². The van der Waals surface area contributed by atoms with Crippen LogP contribution in [0.5, 0.6) is 5.88 Å². The highest BCUT2D eigenvalue weighted by atomic mass is 32.1. The molecule has 0 spiro atoms. The van der Waals surface area contributed by atoms with E-state index < -0.39 is 0 Å². The van der Waals surface area contributed by atoms with Crippen molar-refractivity contribution in [3.63, 3.8) is 0 Å². The van der Waals surface area contributed by atoms with Crippen molar-refractivity contribution < 1.29 is 9.47 Å². The van der Waals surface area contributed by atoms with Crippen LogP contribution in [0.1, 0.15) is 31.2 Å². The van der Waals surface area contributed by atoms with Crippen LogP contribution in [0.3, 0.4) is 0 Å². The fourth-order valence-corrected chi connectivity index (χ4v) is 4.58. The Morgan fingerprint density at radius 1 is 1.17 bits per heavy atom. The molecule has 0 aromatic carbocycles. The van der Waals surface area contributed by atoms with E-state index in [0.717, 1.165) is 55.2 Å². The Morgan fingerprint density at radius 3 is 2.74 bits per heavy atom. The van der Waals surface area contributed by atoms with Gasteiger partial charge in [0.05, 0.1) is 18.6 Å². The van der Waals surface area contributed by atoms with Crippen molar-refractivity contribution in [3.05, 3.63) is 17.3 Å². The second-order valence-corrected chi connectivity index (χ2v) is 7.33. The minimum atomic E-state index is 0.282. The summed E-state index contributed by atoms with van der Waals surface area (Å²) in [7, 11) is 0. The van der Waals surface area contributed by atoms with Crippen LogP contribution in [0.25, 0.3) is 10.2 Å². The van der Waals surface area contributed by atoms with Crippen LogP contribution in [0.2, 0.25) is 0 Å². The predicted molar refractivity (Wildman–Crippen MR) is 91.2 cm³/mol. The van der Waals surface area contributed by atoms with Gasteiger partial charge in [-0.25, -0.2) is 9.97 Å². The van der Waals surface area contributed by atoms with Gasteiger partial charge in [0.2, 0.25) is 5.88 Å². The molecule has 6 heteroatoms. The van der Waals surface area contributed by atoms with Crippen LogP contribution in [-0.2, 0) is 4.74 Å². The number of hydrogen-bond acceptors (Lipinski definition) is 6. The van der Waals surface area contributed by atoms with Crippen molar-refractivity contribution in [3.8, 4) is 5.88 Å². The Balaban J connectivity index is 1.40. The zero-order chi connectivity index (χ0) is 15.6. The molecule has 2 aliphatic rings. The third-order valence-electron chi connectivity index (χ3n) is 5.00. The molecule has 0 radical (unpaired) electrons. The number of rotatable bonds is 3. The number of morpholine rings is 1. The smallest absolute Gasteiger partial charge is 0.225 e. The van der Waals surface area contributed by atoms with Crippen LogP contribution in [0, 0.1) is 6.92 Å². The number of hydrogen-bond donors (Lipinski definition) is 0. The number of ether oxygens (including phenoxy) is 2. The lowest BCUT2D eigenvalue weighted by atomic mass is 9.91. The van der Waals surface area contributed by atoms with Crippen molar-refractivity contribution in [1.29, 1.82) is 0 Å². The lowest BCUT2D eigenvalue weighted by molar-refractivity contribution is -0.00126. The van der Waals surface area contributed by atoms with Crippen molar-refractivity contribution in [2.45, 2.75) is 44.8 Å². The molecule has 1 aliphatic carbocycles. The third-order valence-corrected chi connectivity index (χ3v) is 6.01. The maximum atomic E-state index is 6.26. The average Bonchev–Trinajstić information content (AvgIpc) is 2.99.